The van der Waals surface area contributed by atoms with E-state index in [1.54, 1.807) is 0 Å². The molecule has 144 valence electrons. The summed E-state index contributed by atoms with van der Waals surface area (Å²) in [6.07, 6.45) is 7.83. The lowest BCUT2D eigenvalue weighted by Gasteiger charge is -2.30. The average molecular weight is 378 g/mol. The molecule has 1 N–H and O–H groups in total. The number of rotatable bonds is 8. The summed E-state index contributed by atoms with van der Waals surface area (Å²) in [5.74, 6) is 1.63. The molecule has 0 saturated heterocycles. The lowest BCUT2D eigenvalue weighted by Crippen LogP contribution is -2.23. The van der Waals surface area contributed by atoms with Crippen LogP contribution in [0.1, 0.15) is 62.7 Å². The van der Waals surface area contributed by atoms with Gasteiger partial charge in [-0.2, -0.15) is 5.10 Å². The van der Waals surface area contributed by atoms with Crippen LogP contribution in [-0.2, 0) is 13.2 Å². The van der Waals surface area contributed by atoms with Crippen LogP contribution in [0.3, 0.4) is 0 Å². The molecule has 1 saturated carbocycles. The molecular weight excluding hydrogens is 346 g/mol. The molecule has 4 nitrogen and oxygen atoms in total. The van der Waals surface area contributed by atoms with Crippen LogP contribution in [0.4, 0.5) is 0 Å². The Bertz CT molecular complexity index is 638. The summed E-state index contributed by atoms with van der Waals surface area (Å²) in [5, 5.41) is 8.09. The van der Waals surface area contributed by atoms with Crippen molar-refractivity contribution in [1.82, 2.24) is 15.1 Å². The first-order valence-electron chi connectivity index (χ1n) is 9.71. The topological polar surface area (TPSA) is 39.1 Å². The maximum absolute atomic E-state index is 6.20. The maximum atomic E-state index is 6.20. The molecule has 0 amide bonds. The molecular formula is C21H32ClN3O. The predicted molar refractivity (Wildman–Crippen MR) is 109 cm³/mol. The number of nitrogens with one attached hydrogen (secondary N) is 1. The molecule has 1 aromatic heterocycles. The van der Waals surface area contributed by atoms with Gasteiger partial charge in [0.1, 0.15) is 6.61 Å². The molecule has 0 radical (unpaired) electrons. The Morgan fingerprint density at radius 2 is 1.92 bits per heavy atom. The molecule has 0 bridgehead atoms. The Kier molecular flexibility index (Phi) is 8.46. The second kappa shape index (κ2) is 10.6. The fourth-order valence-electron chi connectivity index (χ4n) is 3.99. The zero-order chi connectivity index (χ0) is 17.5. The van der Waals surface area contributed by atoms with E-state index in [4.69, 9.17) is 9.84 Å². The zero-order valence-electron chi connectivity index (χ0n) is 16.0. The van der Waals surface area contributed by atoms with E-state index in [-0.39, 0.29) is 12.4 Å². The van der Waals surface area contributed by atoms with Crippen molar-refractivity contribution in [2.24, 2.45) is 5.92 Å². The van der Waals surface area contributed by atoms with Crippen LogP contribution in [0.5, 0.6) is 5.88 Å². The zero-order valence-corrected chi connectivity index (χ0v) is 16.8. The molecule has 0 spiro atoms. The van der Waals surface area contributed by atoms with E-state index in [1.165, 1.54) is 37.7 Å². The number of nitrogens with zero attached hydrogens (tertiary/aromatic N) is 2. The molecule has 1 aliphatic rings. The monoisotopic (exact) mass is 377 g/mol. The van der Waals surface area contributed by atoms with E-state index < -0.39 is 0 Å². The summed E-state index contributed by atoms with van der Waals surface area (Å²) in [6.45, 7) is 3.64. The third kappa shape index (κ3) is 5.24. The Hall–Kier alpha value is -1.52. The molecule has 1 atom stereocenters. The van der Waals surface area contributed by atoms with Crippen molar-refractivity contribution in [3.05, 3.63) is 47.7 Å². The molecule has 1 heterocycles. The quantitative estimate of drug-likeness (QED) is 0.692. The molecule has 1 aliphatic carbocycles. The number of hydrogen-bond donors (Lipinski definition) is 1. The van der Waals surface area contributed by atoms with E-state index >= 15 is 0 Å². The van der Waals surface area contributed by atoms with Crippen molar-refractivity contribution in [3.63, 3.8) is 0 Å². The van der Waals surface area contributed by atoms with Crippen molar-refractivity contribution in [3.8, 4) is 5.88 Å². The first kappa shape index (κ1) is 20.8. The van der Waals surface area contributed by atoms with Gasteiger partial charge < -0.3 is 10.1 Å². The summed E-state index contributed by atoms with van der Waals surface area (Å²) >= 11 is 0. The number of hydrogen-bond acceptors (Lipinski definition) is 3. The van der Waals surface area contributed by atoms with E-state index in [0.717, 1.165) is 30.5 Å². The Morgan fingerprint density at radius 3 is 2.58 bits per heavy atom. The molecule has 26 heavy (non-hydrogen) atoms. The fraction of sp³-hybridized carbons (Fsp3) is 0.571. The Balaban J connectivity index is 0.00000243. The van der Waals surface area contributed by atoms with Crippen molar-refractivity contribution in [2.45, 2.75) is 64.6 Å². The van der Waals surface area contributed by atoms with E-state index in [9.17, 15) is 0 Å². The molecule has 2 aromatic rings. The minimum absolute atomic E-state index is 0. The van der Waals surface area contributed by atoms with Crippen LogP contribution in [0.15, 0.2) is 36.4 Å². The maximum Gasteiger partial charge on any atom is 0.212 e. The first-order valence-corrected chi connectivity index (χ1v) is 9.71. The van der Waals surface area contributed by atoms with Gasteiger partial charge in [-0.15, -0.1) is 12.4 Å². The fourth-order valence-corrected chi connectivity index (χ4v) is 3.99. The van der Waals surface area contributed by atoms with Crippen LogP contribution in [0, 0.1) is 5.92 Å². The molecule has 1 fully saturated rings. The van der Waals surface area contributed by atoms with Gasteiger partial charge in [-0.05, 0) is 37.8 Å². The van der Waals surface area contributed by atoms with Crippen molar-refractivity contribution in [1.29, 1.82) is 0 Å². The van der Waals surface area contributed by atoms with Gasteiger partial charge in [0.25, 0.3) is 0 Å². The highest BCUT2D eigenvalue weighted by Crippen LogP contribution is 2.37. The number of aromatic nitrogens is 2. The lowest BCUT2D eigenvalue weighted by atomic mass is 9.83. The Labute approximate surface area is 163 Å². The second-order valence-corrected chi connectivity index (χ2v) is 7.10. The first-order chi connectivity index (χ1) is 12.3. The standard InChI is InChI=1S/C21H31N3O.ClH/c1-3-20(18-12-8-5-9-13-18)24-21(14-19(23-24)15-22-2)25-16-17-10-6-4-7-11-17;/h4,6-7,10-11,14,18,20,22H,3,5,8-9,12-13,15-16H2,1-2H3;1H. The van der Waals surface area contributed by atoms with Crippen molar-refractivity contribution in [2.75, 3.05) is 7.05 Å². The summed E-state index contributed by atoms with van der Waals surface area (Å²) in [4.78, 5) is 0. The molecule has 1 unspecified atom stereocenters. The van der Waals surface area contributed by atoms with Crippen molar-refractivity contribution >= 4 is 12.4 Å². The highest BCUT2D eigenvalue weighted by molar-refractivity contribution is 5.85. The second-order valence-electron chi connectivity index (χ2n) is 7.10. The van der Waals surface area contributed by atoms with Gasteiger partial charge in [0, 0.05) is 12.6 Å². The van der Waals surface area contributed by atoms with Crippen LogP contribution in [0.25, 0.3) is 0 Å². The normalized spacial score (nSPS) is 16.1. The van der Waals surface area contributed by atoms with Crippen molar-refractivity contribution < 1.29 is 4.74 Å². The lowest BCUT2D eigenvalue weighted by molar-refractivity contribution is 0.194. The smallest absolute Gasteiger partial charge is 0.212 e. The summed E-state index contributed by atoms with van der Waals surface area (Å²) < 4.78 is 8.37. The summed E-state index contributed by atoms with van der Waals surface area (Å²) in [7, 11) is 1.96. The van der Waals surface area contributed by atoms with Crippen LogP contribution in [-0.4, -0.2) is 16.8 Å². The summed E-state index contributed by atoms with van der Waals surface area (Å²) in [5.41, 5.74) is 2.25. The minimum Gasteiger partial charge on any atom is -0.473 e. The highest BCUT2D eigenvalue weighted by Gasteiger charge is 2.27. The highest BCUT2D eigenvalue weighted by atomic mass is 35.5. The van der Waals surface area contributed by atoms with Gasteiger partial charge in [-0.1, -0.05) is 56.5 Å². The molecule has 3 rings (SSSR count). The molecule has 0 aliphatic heterocycles. The van der Waals surface area contributed by atoms with Gasteiger partial charge in [-0.3, -0.25) is 0 Å². The van der Waals surface area contributed by atoms with E-state index in [0.29, 0.717) is 12.6 Å². The van der Waals surface area contributed by atoms with Crippen LogP contribution >= 0.6 is 12.4 Å². The van der Waals surface area contributed by atoms with Gasteiger partial charge in [0.05, 0.1) is 11.7 Å². The number of halogens is 1. The third-order valence-electron chi connectivity index (χ3n) is 5.27. The number of benzene rings is 1. The third-order valence-corrected chi connectivity index (χ3v) is 5.27. The molecule has 5 heteroatoms. The van der Waals surface area contributed by atoms with Crippen LogP contribution in [0.2, 0.25) is 0 Å². The Morgan fingerprint density at radius 1 is 1.19 bits per heavy atom. The average Bonchev–Trinajstić information content (AvgIpc) is 3.05. The van der Waals surface area contributed by atoms with Crippen LogP contribution < -0.4 is 10.1 Å². The largest absolute Gasteiger partial charge is 0.473 e. The van der Waals surface area contributed by atoms with E-state index in [1.807, 2.05) is 13.1 Å². The SMILES string of the molecule is CCC(C1CCCCC1)n1nc(CNC)cc1OCc1ccccc1.Cl. The summed E-state index contributed by atoms with van der Waals surface area (Å²) in [6, 6.07) is 12.9. The van der Waals surface area contributed by atoms with Gasteiger partial charge in [-0.25, -0.2) is 4.68 Å². The predicted octanol–water partition coefficient (Wildman–Crippen LogP) is 5.13. The van der Waals surface area contributed by atoms with Gasteiger partial charge in [0.15, 0.2) is 0 Å². The number of ether oxygens (including phenoxy) is 1. The minimum atomic E-state index is 0. The van der Waals surface area contributed by atoms with Gasteiger partial charge >= 0.3 is 0 Å². The molecule has 1 aromatic carbocycles. The van der Waals surface area contributed by atoms with E-state index in [2.05, 4.69) is 47.3 Å². The van der Waals surface area contributed by atoms with Gasteiger partial charge in [0.2, 0.25) is 5.88 Å².